The van der Waals surface area contributed by atoms with E-state index in [1.165, 1.54) is 0 Å². The van der Waals surface area contributed by atoms with Crippen LogP contribution in [0.1, 0.15) is 6.23 Å². The van der Waals surface area contributed by atoms with Gasteiger partial charge in [-0.25, -0.2) is 4.98 Å². The second kappa shape index (κ2) is 7.19. The predicted molar refractivity (Wildman–Crippen MR) is 88.0 cm³/mol. The quantitative estimate of drug-likeness (QED) is 0.310. The van der Waals surface area contributed by atoms with Crippen LogP contribution in [-0.2, 0) is 4.74 Å². The Balaban J connectivity index is 1.59. The van der Waals surface area contributed by atoms with Crippen LogP contribution in [0.5, 0.6) is 5.75 Å². The summed E-state index contributed by atoms with van der Waals surface area (Å²) in [6.45, 7) is -0.797. The summed E-state index contributed by atoms with van der Waals surface area (Å²) in [6, 6.07) is 0. The molecule has 2 unspecified atom stereocenters. The van der Waals surface area contributed by atoms with Crippen LogP contribution in [0.25, 0.3) is 11.2 Å². The number of nitrogens with two attached hydrogens (primary N) is 1. The SMILES string of the molecule is Nc1nc2c(ncn2[C@@H]2O[C@H](COc3c(F)c(F)nc(F)c3F)C(O)C2O)c(=O)[nH]1. The van der Waals surface area contributed by atoms with E-state index in [-0.39, 0.29) is 17.1 Å². The van der Waals surface area contributed by atoms with Gasteiger partial charge in [-0.05, 0) is 0 Å². The summed E-state index contributed by atoms with van der Waals surface area (Å²) in [5, 5.41) is 20.5. The van der Waals surface area contributed by atoms with E-state index in [0.717, 1.165) is 10.9 Å². The van der Waals surface area contributed by atoms with Crippen LogP contribution in [0.4, 0.5) is 23.5 Å². The highest BCUT2D eigenvalue weighted by Gasteiger charge is 2.45. The first-order valence-corrected chi connectivity index (χ1v) is 8.25. The maximum Gasteiger partial charge on any atom is 0.280 e. The fraction of sp³-hybridized carbons (Fsp3) is 0.333. The molecular formula is C15H12F4N6O5. The molecular weight excluding hydrogens is 420 g/mol. The molecule has 0 aromatic carbocycles. The molecule has 0 spiro atoms. The van der Waals surface area contributed by atoms with Crippen molar-refractivity contribution in [2.75, 3.05) is 12.3 Å². The smallest absolute Gasteiger partial charge is 0.280 e. The van der Waals surface area contributed by atoms with E-state index < -0.39 is 66.0 Å². The highest BCUT2D eigenvalue weighted by atomic mass is 19.2. The molecule has 5 N–H and O–H groups in total. The molecule has 4 rings (SSSR count). The Morgan fingerprint density at radius 3 is 2.50 bits per heavy atom. The van der Waals surface area contributed by atoms with Crippen molar-refractivity contribution >= 4 is 17.1 Å². The molecule has 0 amide bonds. The third kappa shape index (κ3) is 3.12. The van der Waals surface area contributed by atoms with Crippen molar-refractivity contribution < 1.29 is 37.2 Å². The minimum atomic E-state index is -1.92. The van der Waals surface area contributed by atoms with Gasteiger partial charge in [-0.1, -0.05) is 0 Å². The average Bonchev–Trinajstić information content (AvgIpc) is 3.22. The zero-order chi connectivity index (χ0) is 21.7. The van der Waals surface area contributed by atoms with Gasteiger partial charge in [-0.15, -0.1) is 0 Å². The number of H-pyrrole nitrogens is 1. The molecule has 1 fully saturated rings. The fourth-order valence-corrected chi connectivity index (χ4v) is 2.99. The van der Waals surface area contributed by atoms with Gasteiger partial charge in [0.1, 0.15) is 24.9 Å². The summed E-state index contributed by atoms with van der Waals surface area (Å²) in [7, 11) is 0. The molecule has 15 heteroatoms. The van der Waals surface area contributed by atoms with E-state index in [2.05, 4.69) is 19.9 Å². The lowest BCUT2D eigenvalue weighted by molar-refractivity contribution is -0.0483. The van der Waals surface area contributed by atoms with Gasteiger partial charge >= 0.3 is 0 Å². The summed E-state index contributed by atoms with van der Waals surface area (Å²) in [5.74, 6) is -9.24. The van der Waals surface area contributed by atoms with Crippen LogP contribution in [0.2, 0.25) is 0 Å². The van der Waals surface area contributed by atoms with Gasteiger partial charge in [0.2, 0.25) is 23.3 Å². The maximum absolute atomic E-state index is 13.7. The van der Waals surface area contributed by atoms with Gasteiger partial charge in [0.05, 0.1) is 6.33 Å². The first-order chi connectivity index (χ1) is 14.2. The lowest BCUT2D eigenvalue weighted by Gasteiger charge is -2.17. The topological polar surface area (TPSA) is 161 Å². The van der Waals surface area contributed by atoms with Gasteiger partial charge in [0.15, 0.2) is 17.4 Å². The van der Waals surface area contributed by atoms with Crippen molar-refractivity contribution in [3.8, 4) is 5.75 Å². The Kier molecular flexibility index (Phi) is 4.79. The highest BCUT2D eigenvalue weighted by Crippen LogP contribution is 2.32. The lowest BCUT2D eigenvalue weighted by atomic mass is 10.1. The lowest BCUT2D eigenvalue weighted by Crippen LogP contribution is -2.34. The number of fused-ring (bicyclic) bond motifs is 1. The van der Waals surface area contributed by atoms with E-state index in [0.29, 0.717) is 0 Å². The van der Waals surface area contributed by atoms with Gasteiger partial charge in [-0.3, -0.25) is 14.3 Å². The summed E-state index contributed by atoms with van der Waals surface area (Å²) in [5.41, 5.74) is 4.64. The molecule has 0 aliphatic carbocycles. The fourth-order valence-electron chi connectivity index (χ4n) is 2.99. The van der Waals surface area contributed by atoms with E-state index in [9.17, 15) is 32.6 Å². The Labute approximate surface area is 162 Å². The minimum absolute atomic E-state index is 0.0653. The van der Waals surface area contributed by atoms with E-state index in [1.54, 1.807) is 0 Å². The molecule has 3 aromatic heterocycles. The molecule has 1 aliphatic rings. The van der Waals surface area contributed by atoms with Crippen molar-refractivity contribution in [2.45, 2.75) is 24.5 Å². The van der Waals surface area contributed by atoms with Crippen molar-refractivity contribution in [1.29, 1.82) is 0 Å². The van der Waals surface area contributed by atoms with Crippen LogP contribution in [-0.4, -0.2) is 59.6 Å². The number of nitrogen functional groups attached to an aromatic ring is 1. The normalized spacial score (nSPS) is 23.9. The zero-order valence-electron chi connectivity index (χ0n) is 14.6. The molecule has 1 aliphatic heterocycles. The molecule has 160 valence electrons. The number of imidazole rings is 1. The predicted octanol–water partition coefficient (Wildman–Crippen LogP) is -0.649. The molecule has 3 aromatic rings. The van der Waals surface area contributed by atoms with Crippen molar-refractivity contribution in [3.63, 3.8) is 0 Å². The van der Waals surface area contributed by atoms with E-state index >= 15 is 0 Å². The zero-order valence-corrected chi connectivity index (χ0v) is 14.6. The molecule has 4 heterocycles. The Morgan fingerprint density at radius 1 is 1.17 bits per heavy atom. The molecule has 30 heavy (non-hydrogen) atoms. The van der Waals surface area contributed by atoms with Crippen LogP contribution in [0.15, 0.2) is 11.1 Å². The van der Waals surface area contributed by atoms with Gasteiger partial charge < -0.3 is 25.4 Å². The van der Waals surface area contributed by atoms with Crippen LogP contribution < -0.4 is 16.0 Å². The number of pyridine rings is 1. The van der Waals surface area contributed by atoms with Crippen LogP contribution in [0.3, 0.4) is 0 Å². The molecule has 0 radical (unpaired) electrons. The van der Waals surface area contributed by atoms with Gasteiger partial charge in [0, 0.05) is 0 Å². The number of nitrogens with one attached hydrogen (secondary N) is 1. The average molecular weight is 432 g/mol. The summed E-state index contributed by atoms with van der Waals surface area (Å²) >= 11 is 0. The monoisotopic (exact) mass is 432 g/mol. The third-order valence-corrected chi connectivity index (χ3v) is 4.41. The number of hydrogen-bond donors (Lipinski definition) is 4. The number of anilines is 1. The number of hydrogen-bond acceptors (Lipinski definition) is 9. The standard InChI is InChI=1S/C15H12F4N6O5/c16-4-9(5(17)11(19)22-10(4)18)29-1-3-7(26)8(27)14(30-3)25-2-21-6-12(25)23-15(20)24-13(6)28/h2-3,7-8,14,26-27H,1H2,(H3,20,23,24,28)/t3-,7?,8?,14-/m1/s1. The van der Waals surface area contributed by atoms with Gasteiger partial charge in [0.25, 0.3) is 17.5 Å². The van der Waals surface area contributed by atoms with Crippen LogP contribution in [0, 0.1) is 23.5 Å². The van der Waals surface area contributed by atoms with E-state index in [1.807, 2.05) is 0 Å². The first kappa shape index (κ1) is 20.0. The molecule has 0 saturated carbocycles. The number of aromatic nitrogens is 5. The Morgan fingerprint density at radius 2 is 1.83 bits per heavy atom. The molecule has 11 nitrogen and oxygen atoms in total. The van der Waals surface area contributed by atoms with Crippen molar-refractivity contribution in [3.05, 3.63) is 40.2 Å². The molecule has 4 atom stereocenters. The molecule has 0 bridgehead atoms. The first-order valence-electron chi connectivity index (χ1n) is 8.25. The second-order valence-electron chi connectivity index (χ2n) is 6.28. The largest absolute Gasteiger partial charge is 0.484 e. The minimum Gasteiger partial charge on any atom is -0.484 e. The summed E-state index contributed by atoms with van der Waals surface area (Å²) in [4.78, 5) is 24.2. The second-order valence-corrected chi connectivity index (χ2v) is 6.28. The van der Waals surface area contributed by atoms with Crippen molar-refractivity contribution in [1.82, 2.24) is 24.5 Å². The number of rotatable bonds is 4. The van der Waals surface area contributed by atoms with Crippen molar-refractivity contribution in [2.24, 2.45) is 0 Å². The number of nitrogens with zero attached hydrogens (tertiary/aromatic N) is 4. The molecule has 1 saturated heterocycles. The number of aromatic amines is 1. The number of halogens is 4. The number of aliphatic hydroxyl groups excluding tert-OH is 2. The highest BCUT2D eigenvalue weighted by molar-refractivity contribution is 5.70. The Bertz CT molecular complexity index is 1160. The van der Waals surface area contributed by atoms with E-state index in [4.69, 9.17) is 15.2 Å². The maximum atomic E-state index is 13.7. The third-order valence-electron chi connectivity index (χ3n) is 4.41. The van der Waals surface area contributed by atoms with Crippen LogP contribution >= 0.6 is 0 Å². The summed E-state index contributed by atoms with van der Waals surface area (Å²) in [6.07, 6.45) is -4.88. The Hall–Kier alpha value is -3.30. The van der Waals surface area contributed by atoms with Gasteiger partial charge in [-0.2, -0.15) is 27.5 Å². The number of ether oxygens (including phenoxy) is 2. The number of aliphatic hydroxyl groups is 2. The summed E-state index contributed by atoms with van der Waals surface area (Å²) < 4.78 is 64.9.